The molecule has 0 aromatic heterocycles. The fraction of sp³-hybridized carbons (Fsp3) is 0.552. The molecule has 0 unspecified atom stereocenters. The smallest absolute Gasteiger partial charge is 0.318 e. The summed E-state index contributed by atoms with van der Waals surface area (Å²) in [5, 5.41) is 0. The van der Waals surface area contributed by atoms with Crippen LogP contribution in [0.25, 0.3) is 0 Å². The lowest BCUT2D eigenvalue weighted by Crippen LogP contribution is -2.56. The Kier molecular flexibility index (Phi) is 14.9. The Balaban J connectivity index is 0.000000174. The van der Waals surface area contributed by atoms with E-state index in [1.54, 1.807) is 30.0 Å². The third-order valence-corrected chi connectivity index (χ3v) is 19.8. The van der Waals surface area contributed by atoms with Crippen molar-refractivity contribution in [2.45, 2.75) is 135 Å². The molecule has 376 valence electrons. The van der Waals surface area contributed by atoms with Gasteiger partial charge >= 0.3 is 12.1 Å². The van der Waals surface area contributed by atoms with Gasteiger partial charge in [0, 0.05) is 61.5 Å². The number of benzene rings is 4. The topological polar surface area (TPSA) is 87.7 Å². The van der Waals surface area contributed by atoms with E-state index in [0.717, 1.165) is 76.6 Å². The van der Waals surface area contributed by atoms with Gasteiger partial charge < -0.3 is 19.6 Å². The van der Waals surface area contributed by atoms with E-state index in [4.69, 9.17) is 0 Å². The summed E-state index contributed by atoms with van der Waals surface area (Å²) in [4.78, 5) is 42.6. The van der Waals surface area contributed by atoms with Crippen LogP contribution in [-0.2, 0) is 34.0 Å². The molecule has 4 aromatic carbocycles. The van der Waals surface area contributed by atoms with Gasteiger partial charge in [-0.05, 0) is 170 Å². The highest BCUT2D eigenvalue weighted by Crippen LogP contribution is 2.52. The summed E-state index contributed by atoms with van der Waals surface area (Å²) in [6.07, 6.45) is 19.2. The van der Waals surface area contributed by atoms with Gasteiger partial charge in [-0.1, -0.05) is 97.8 Å². The molecule has 12 heteroatoms. The Morgan fingerprint density at radius 1 is 0.557 bits per heavy atom. The van der Waals surface area contributed by atoms with Crippen molar-refractivity contribution >= 4 is 33.7 Å². The zero-order valence-corrected chi connectivity index (χ0v) is 44.5. The Morgan fingerprint density at radius 3 is 1.34 bits per heavy atom. The largest absolute Gasteiger partial charge is 0.320 e. The molecule has 2 saturated heterocycles. The molecule has 70 heavy (non-hydrogen) atoms. The minimum absolute atomic E-state index is 0.0189. The zero-order valence-electron chi connectivity index (χ0n) is 42.8. The highest BCUT2D eigenvalue weighted by atomic mass is 32.2. The van der Waals surface area contributed by atoms with E-state index in [1.165, 1.54) is 66.4 Å². The van der Waals surface area contributed by atoms with Crippen LogP contribution >= 0.6 is 11.8 Å². The molecule has 4 aliphatic carbocycles. The van der Waals surface area contributed by atoms with Gasteiger partial charge in [-0.15, -0.1) is 11.8 Å². The van der Waals surface area contributed by atoms with Gasteiger partial charge in [-0.2, -0.15) is 0 Å². The van der Waals surface area contributed by atoms with Crippen LogP contribution < -0.4 is 0 Å². The van der Waals surface area contributed by atoms with E-state index in [2.05, 4.69) is 144 Å². The minimum Gasteiger partial charge on any atom is -0.318 e. The van der Waals surface area contributed by atoms with Gasteiger partial charge in [0.15, 0.2) is 9.84 Å². The van der Waals surface area contributed by atoms with Crippen LogP contribution in [0.4, 0.5) is 9.59 Å². The zero-order chi connectivity index (χ0) is 49.3. The molecular formula is C58H78N6O4S2. The van der Waals surface area contributed by atoms with E-state index in [1.807, 2.05) is 11.0 Å². The number of hydrogen-bond donors (Lipinski definition) is 0. The molecular weight excluding hydrogens is 909 g/mol. The predicted octanol–water partition coefficient (Wildman–Crippen LogP) is 11.1. The number of carbonyl (C=O) groups is 2. The molecule has 4 aromatic rings. The number of nitrogens with zero attached hydrogens (tertiary/aromatic N) is 6. The first-order valence-electron chi connectivity index (χ1n) is 26.1. The van der Waals surface area contributed by atoms with E-state index in [0.29, 0.717) is 36.4 Å². The summed E-state index contributed by atoms with van der Waals surface area (Å²) in [6, 6.07) is 37.9. The first-order valence-corrected chi connectivity index (χ1v) is 29.2. The highest BCUT2D eigenvalue weighted by molar-refractivity contribution is 7.98. The van der Waals surface area contributed by atoms with Gasteiger partial charge in [0.1, 0.15) is 0 Å². The standard InChI is InChI=1S/C29H39N3O3S.C29H39N3OS/c1-30(2)29(25-12-5-4-6-13-25)17-15-28(16-18-29)22-31(27(33)32(28)21-23-9-7-10-23)20-24-11-8-14-26(19-24)36(3,34)35;1-30(2)29(25-12-5-4-6-13-25)17-15-28(16-18-29)22-31(20-24-11-8-14-26(19-24)34-3)27(33)32(28)21-23-9-7-10-23/h4-6,8,11-14,19,23H,7,9-10,15-18,20-22H2,1-3H3;4-6,8,11-14,19,23H,7,9-10,15-18,20-22H2,1-3H3. The summed E-state index contributed by atoms with van der Waals surface area (Å²) in [5.41, 5.74) is 4.73. The van der Waals surface area contributed by atoms with Crippen molar-refractivity contribution in [2.75, 3.05) is 66.9 Å². The van der Waals surface area contributed by atoms with Gasteiger partial charge in [0.05, 0.1) is 16.0 Å². The Bertz CT molecular complexity index is 2550. The summed E-state index contributed by atoms with van der Waals surface area (Å²) in [6.45, 7) is 4.52. The maximum absolute atomic E-state index is 13.8. The van der Waals surface area contributed by atoms with Gasteiger partial charge in [-0.25, -0.2) is 18.0 Å². The second-order valence-electron chi connectivity index (χ2n) is 22.4. The average molecular weight is 987 g/mol. The molecule has 0 N–H and O–H groups in total. The number of thioether (sulfide) groups is 1. The molecule has 0 bridgehead atoms. The van der Waals surface area contributed by atoms with Crippen LogP contribution in [0.5, 0.6) is 0 Å². The van der Waals surface area contributed by atoms with Crippen LogP contribution in [0, 0.1) is 11.8 Å². The van der Waals surface area contributed by atoms with E-state index in [-0.39, 0.29) is 34.2 Å². The van der Waals surface area contributed by atoms with Crippen molar-refractivity contribution in [3.8, 4) is 0 Å². The molecule has 0 atom stereocenters. The SMILES string of the molecule is CN(C)C1(c2ccccc2)CCC2(CC1)CN(Cc1cccc(S(C)(=O)=O)c1)C(=O)N2CC1CCC1.CSc1cccc(CN2CC3(CCC(c4ccccc4)(N(C)C)CC3)N(CC3CCC3)C2=O)c1. The molecule has 6 aliphatic rings. The Hall–Kier alpha value is -4.36. The van der Waals surface area contributed by atoms with Gasteiger partial charge in [-0.3, -0.25) is 9.80 Å². The number of amides is 4. The summed E-state index contributed by atoms with van der Waals surface area (Å²) >= 11 is 1.76. The second-order valence-corrected chi connectivity index (χ2v) is 25.3. The maximum Gasteiger partial charge on any atom is 0.320 e. The van der Waals surface area contributed by atoms with Crippen LogP contribution in [0.2, 0.25) is 0 Å². The summed E-state index contributed by atoms with van der Waals surface area (Å²) in [7, 11) is 5.52. The van der Waals surface area contributed by atoms with Crippen LogP contribution in [0.1, 0.15) is 112 Å². The lowest BCUT2D eigenvalue weighted by atomic mass is 9.68. The molecule has 2 spiro atoms. The Labute approximate surface area is 424 Å². The monoisotopic (exact) mass is 987 g/mol. The average Bonchev–Trinajstić information content (AvgIpc) is 3.72. The molecule has 10 nitrogen and oxygen atoms in total. The lowest BCUT2D eigenvalue weighted by molar-refractivity contribution is 0.0158. The fourth-order valence-corrected chi connectivity index (χ4v) is 14.3. The van der Waals surface area contributed by atoms with Crippen molar-refractivity contribution in [1.29, 1.82) is 0 Å². The first kappa shape index (κ1) is 50.6. The number of carbonyl (C=O) groups excluding carboxylic acids is 2. The number of rotatable bonds is 14. The van der Waals surface area contributed by atoms with Crippen LogP contribution in [0.15, 0.2) is 119 Å². The predicted molar refractivity (Wildman–Crippen MR) is 283 cm³/mol. The van der Waals surface area contributed by atoms with Crippen LogP contribution in [-0.4, -0.2) is 128 Å². The van der Waals surface area contributed by atoms with Crippen molar-refractivity contribution in [3.05, 3.63) is 131 Å². The molecule has 10 rings (SSSR count). The Morgan fingerprint density at radius 2 is 0.971 bits per heavy atom. The van der Waals surface area contributed by atoms with E-state index < -0.39 is 9.84 Å². The fourth-order valence-electron chi connectivity index (χ4n) is 13.1. The van der Waals surface area contributed by atoms with Crippen LogP contribution in [0.3, 0.4) is 0 Å². The van der Waals surface area contributed by atoms with E-state index >= 15 is 0 Å². The van der Waals surface area contributed by atoms with E-state index in [9.17, 15) is 18.0 Å². The quantitative estimate of drug-likeness (QED) is 0.116. The highest BCUT2D eigenvalue weighted by Gasteiger charge is 2.56. The number of urea groups is 2. The second kappa shape index (κ2) is 20.6. The molecule has 4 saturated carbocycles. The van der Waals surface area contributed by atoms with Crippen molar-refractivity contribution in [3.63, 3.8) is 0 Å². The first-order chi connectivity index (χ1) is 33.6. The number of hydrogen-bond acceptors (Lipinski definition) is 7. The molecule has 0 radical (unpaired) electrons. The molecule has 2 aliphatic heterocycles. The van der Waals surface area contributed by atoms with Crippen molar-refractivity contribution in [2.24, 2.45) is 11.8 Å². The summed E-state index contributed by atoms with van der Waals surface area (Å²) in [5.74, 6) is 1.30. The third-order valence-electron chi connectivity index (χ3n) is 18.0. The van der Waals surface area contributed by atoms with Crippen molar-refractivity contribution in [1.82, 2.24) is 29.4 Å². The van der Waals surface area contributed by atoms with Gasteiger partial charge in [0.2, 0.25) is 0 Å². The minimum atomic E-state index is -3.29. The maximum atomic E-state index is 13.8. The summed E-state index contributed by atoms with van der Waals surface area (Å²) < 4.78 is 24.2. The normalized spacial score (nSPS) is 27.4. The third kappa shape index (κ3) is 10.0. The molecule has 4 amide bonds. The molecule has 2 heterocycles. The number of sulfone groups is 1. The lowest BCUT2D eigenvalue weighted by Gasteiger charge is -2.51. The van der Waals surface area contributed by atoms with Crippen molar-refractivity contribution < 1.29 is 18.0 Å². The van der Waals surface area contributed by atoms with Gasteiger partial charge in [0.25, 0.3) is 0 Å². The molecule has 6 fully saturated rings.